The van der Waals surface area contributed by atoms with Gasteiger partial charge in [0.05, 0.1) is 0 Å². The van der Waals surface area contributed by atoms with E-state index < -0.39 is 0 Å². The quantitative estimate of drug-likeness (QED) is 0.728. The number of allylic oxidation sites excluding steroid dienone is 2. The standard InChI is InChI=1S/C18H32N2/c1-16-7-5-6-10-18(16)20-13-11-19(12-14-20)15-17-8-3-2-4-9-17/h2-3,16-18H,4-15H2,1H3/t16-,17+,18-/m1/s1. The number of nitrogens with zero attached hydrogens (tertiary/aromatic N) is 2. The monoisotopic (exact) mass is 276 g/mol. The zero-order valence-corrected chi connectivity index (χ0v) is 13.3. The molecular formula is C18H32N2. The fraction of sp³-hybridized carbons (Fsp3) is 0.889. The molecule has 0 aromatic heterocycles. The third-order valence-corrected chi connectivity index (χ3v) is 5.84. The average molecular weight is 276 g/mol. The molecule has 3 aliphatic rings. The van der Waals surface area contributed by atoms with Crippen LogP contribution in [0.3, 0.4) is 0 Å². The molecule has 0 N–H and O–H groups in total. The molecule has 0 aromatic rings. The molecule has 0 aromatic carbocycles. The first-order valence-electron chi connectivity index (χ1n) is 8.94. The van der Waals surface area contributed by atoms with Crippen LogP contribution in [0.25, 0.3) is 0 Å². The van der Waals surface area contributed by atoms with E-state index in [0.29, 0.717) is 0 Å². The van der Waals surface area contributed by atoms with Gasteiger partial charge in [-0.15, -0.1) is 0 Å². The van der Waals surface area contributed by atoms with Crippen molar-refractivity contribution in [1.82, 2.24) is 9.80 Å². The van der Waals surface area contributed by atoms with Crippen LogP contribution in [0.1, 0.15) is 51.9 Å². The maximum atomic E-state index is 2.81. The summed E-state index contributed by atoms with van der Waals surface area (Å²) >= 11 is 0. The smallest absolute Gasteiger partial charge is 0.0122 e. The van der Waals surface area contributed by atoms with E-state index >= 15 is 0 Å². The summed E-state index contributed by atoms with van der Waals surface area (Å²) in [5.41, 5.74) is 0. The normalized spacial score (nSPS) is 37.1. The van der Waals surface area contributed by atoms with Gasteiger partial charge in [0.25, 0.3) is 0 Å². The Hall–Kier alpha value is -0.340. The van der Waals surface area contributed by atoms with Gasteiger partial charge in [0.15, 0.2) is 0 Å². The molecule has 3 atom stereocenters. The summed E-state index contributed by atoms with van der Waals surface area (Å²) in [4.78, 5) is 5.54. The van der Waals surface area contributed by atoms with Crippen LogP contribution in [0.5, 0.6) is 0 Å². The van der Waals surface area contributed by atoms with Crippen molar-refractivity contribution in [3.8, 4) is 0 Å². The van der Waals surface area contributed by atoms with Crippen LogP contribution in [-0.4, -0.2) is 48.6 Å². The van der Waals surface area contributed by atoms with Gasteiger partial charge in [0.2, 0.25) is 0 Å². The molecule has 1 heterocycles. The summed E-state index contributed by atoms with van der Waals surface area (Å²) in [5.74, 6) is 1.86. The van der Waals surface area contributed by atoms with Gasteiger partial charge in [-0.3, -0.25) is 4.90 Å². The molecule has 2 fully saturated rings. The largest absolute Gasteiger partial charge is 0.301 e. The van der Waals surface area contributed by atoms with Crippen LogP contribution in [-0.2, 0) is 0 Å². The molecule has 2 aliphatic carbocycles. The lowest BCUT2D eigenvalue weighted by Crippen LogP contribution is -2.53. The Labute approximate surface area is 125 Å². The van der Waals surface area contributed by atoms with E-state index in [1.807, 2.05) is 0 Å². The predicted octanol–water partition coefficient (Wildman–Crippen LogP) is 3.54. The van der Waals surface area contributed by atoms with Crippen LogP contribution in [0.4, 0.5) is 0 Å². The number of hydrogen-bond donors (Lipinski definition) is 0. The van der Waals surface area contributed by atoms with Gasteiger partial charge in [-0.2, -0.15) is 0 Å². The highest BCUT2D eigenvalue weighted by molar-refractivity contribution is 4.92. The van der Waals surface area contributed by atoms with Crippen LogP contribution < -0.4 is 0 Å². The zero-order valence-electron chi connectivity index (χ0n) is 13.3. The molecule has 0 amide bonds. The third-order valence-electron chi connectivity index (χ3n) is 5.84. The molecule has 1 saturated heterocycles. The minimum absolute atomic E-state index is 0.892. The first-order valence-corrected chi connectivity index (χ1v) is 8.94. The second-order valence-electron chi connectivity index (χ2n) is 7.32. The highest BCUT2D eigenvalue weighted by Gasteiger charge is 2.29. The summed E-state index contributed by atoms with van der Waals surface area (Å²) in [6, 6.07) is 0.892. The molecule has 0 unspecified atom stereocenters. The molecular weight excluding hydrogens is 244 g/mol. The Bertz CT molecular complexity index is 317. The van der Waals surface area contributed by atoms with Crippen molar-refractivity contribution in [1.29, 1.82) is 0 Å². The molecule has 2 heteroatoms. The fourth-order valence-electron chi connectivity index (χ4n) is 4.50. The van der Waals surface area contributed by atoms with Crippen LogP contribution in [0.2, 0.25) is 0 Å². The van der Waals surface area contributed by atoms with Crippen molar-refractivity contribution in [2.24, 2.45) is 11.8 Å². The molecule has 0 spiro atoms. The molecule has 0 radical (unpaired) electrons. The maximum Gasteiger partial charge on any atom is 0.0122 e. The lowest BCUT2D eigenvalue weighted by molar-refractivity contribution is 0.0481. The summed E-state index contributed by atoms with van der Waals surface area (Å²) in [6.45, 7) is 9.07. The fourth-order valence-corrected chi connectivity index (χ4v) is 4.50. The summed E-state index contributed by atoms with van der Waals surface area (Å²) < 4.78 is 0. The van der Waals surface area contributed by atoms with Gasteiger partial charge in [-0.05, 0) is 43.9 Å². The SMILES string of the molecule is C[C@@H]1CCCC[C@H]1N1CCN(C[C@H]2CC=CCC2)CC1. The highest BCUT2D eigenvalue weighted by Crippen LogP contribution is 2.29. The molecule has 3 rings (SSSR count). The van der Waals surface area contributed by atoms with Gasteiger partial charge in [0, 0.05) is 38.8 Å². The number of piperazine rings is 1. The summed E-state index contributed by atoms with van der Waals surface area (Å²) in [5, 5.41) is 0. The van der Waals surface area contributed by atoms with Gasteiger partial charge < -0.3 is 4.90 Å². The van der Waals surface area contributed by atoms with E-state index in [2.05, 4.69) is 28.9 Å². The Kier molecular flexibility index (Phi) is 5.17. The van der Waals surface area contributed by atoms with Gasteiger partial charge in [0.1, 0.15) is 0 Å². The molecule has 1 saturated carbocycles. The van der Waals surface area contributed by atoms with E-state index in [1.54, 1.807) is 0 Å². The Balaban J connectivity index is 1.43. The summed E-state index contributed by atoms with van der Waals surface area (Å²) in [6.07, 6.45) is 14.6. The second-order valence-corrected chi connectivity index (χ2v) is 7.32. The van der Waals surface area contributed by atoms with E-state index in [-0.39, 0.29) is 0 Å². The van der Waals surface area contributed by atoms with Crippen molar-refractivity contribution in [3.63, 3.8) is 0 Å². The van der Waals surface area contributed by atoms with Crippen LogP contribution in [0, 0.1) is 11.8 Å². The number of rotatable bonds is 3. The Morgan fingerprint density at radius 3 is 2.45 bits per heavy atom. The average Bonchev–Trinajstić information content (AvgIpc) is 2.50. The highest BCUT2D eigenvalue weighted by atomic mass is 15.3. The molecule has 1 aliphatic heterocycles. The molecule has 0 bridgehead atoms. The van der Waals surface area contributed by atoms with E-state index in [9.17, 15) is 0 Å². The van der Waals surface area contributed by atoms with Crippen molar-refractivity contribution < 1.29 is 0 Å². The molecule has 114 valence electrons. The minimum Gasteiger partial charge on any atom is -0.301 e. The van der Waals surface area contributed by atoms with Crippen molar-refractivity contribution in [2.45, 2.75) is 57.9 Å². The Morgan fingerprint density at radius 2 is 1.75 bits per heavy atom. The van der Waals surface area contributed by atoms with Crippen LogP contribution >= 0.6 is 0 Å². The number of hydrogen-bond acceptors (Lipinski definition) is 2. The lowest BCUT2D eigenvalue weighted by atomic mass is 9.84. The Morgan fingerprint density at radius 1 is 0.950 bits per heavy atom. The van der Waals surface area contributed by atoms with Crippen molar-refractivity contribution in [3.05, 3.63) is 12.2 Å². The maximum absolute atomic E-state index is 2.81. The van der Waals surface area contributed by atoms with Gasteiger partial charge in [-0.1, -0.05) is 31.9 Å². The minimum atomic E-state index is 0.892. The first kappa shape index (κ1) is 14.6. The summed E-state index contributed by atoms with van der Waals surface area (Å²) in [7, 11) is 0. The van der Waals surface area contributed by atoms with Gasteiger partial charge >= 0.3 is 0 Å². The first-order chi connectivity index (χ1) is 9.83. The van der Waals surface area contributed by atoms with E-state index in [4.69, 9.17) is 0 Å². The van der Waals surface area contributed by atoms with E-state index in [0.717, 1.165) is 17.9 Å². The van der Waals surface area contributed by atoms with Crippen LogP contribution in [0.15, 0.2) is 12.2 Å². The predicted molar refractivity (Wildman–Crippen MR) is 85.9 cm³/mol. The zero-order chi connectivity index (χ0) is 13.8. The lowest BCUT2D eigenvalue weighted by Gasteiger charge is -2.44. The van der Waals surface area contributed by atoms with Crippen molar-refractivity contribution >= 4 is 0 Å². The molecule has 2 nitrogen and oxygen atoms in total. The topological polar surface area (TPSA) is 6.48 Å². The molecule has 20 heavy (non-hydrogen) atoms. The second kappa shape index (κ2) is 7.09. The van der Waals surface area contributed by atoms with E-state index in [1.165, 1.54) is 77.7 Å². The third kappa shape index (κ3) is 3.65. The van der Waals surface area contributed by atoms with Gasteiger partial charge in [-0.25, -0.2) is 0 Å². The van der Waals surface area contributed by atoms with Crippen molar-refractivity contribution in [2.75, 3.05) is 32.7 Å².